The molecule has 1 heterocycles. The second kappa shape index (κ2) is 6.74. The van der Waals surface area contributed by atoms with Gasteiger partial charge in [0, 0.05) is 11.1 Å². The number of rotatable bonds is 4. The molecule has 3 rings (SSSR count). The summed E-state index contributed by atoms with van der Waals surface area (Å²) in [7, 11) is 0. The van der Waals surface area contributed by atoms with Crippen LogP contribution in [0, 0.1) is 11.6 Å². The summed E-state index contributed by atoms with van der Waals surface area (Å²) in [5.74, 6) is -2.03. The van der Waals surface area contributed by atoms with Crippen molar-refractivity contribution in [2.45, 2.75) is 25.2 Å². The molecule has 1 unspecified atom stereocenters. The van der Waals surface area contributed by atoms with E-state index in [1.165, 1.54) is 30.3 Å². The fraction of sp³-hybridized carbons (Fsp3) is 0.211. The number of benzene rings is 2. The minimum atomic E-state index is -2.09. The Bertz CT molecular complexity index is 950. The number of ether oxygens (including phenoxy) is 1. The van der Waals surface area contributed by atoms with E-state index < -0.39 is 34.3 Å². The van der Waals surface area contributed by atoms with Crippen LogP contribution in [0.5, 0.6) is 0 Å². The van der Waals surface area contributed by atoms with Gasteiger partial charge in [-0.15, -0.1) is 0 Å². The van der Waals surface area contributed by atoms with E-state index in [0.29, 0.717) is 16.7 Å². The second-order valence-electron chi connectivity index (χ2n) is 6.44. The third kappa shape index (κ3) is 3.45. The van der Waals surface area contributed by atoms with E-state index in [1.54, 1.807) is 19.9 Å². The summed E-state index contributed by atoms with van der Waals surface area (Å²) in [6.07, 6.45) is 0. The number of hydrogen-bond acceptors (Lipinski definition) is 3. The predicted molar refractivity (Wildman–Crippen MR) is 94.3 cm³/mol. The molecule has 1 atom stereocenters. The third-order valence-corrected chi connectivity index (χ3v) is 4.69. The number of esters is 1. The average Bonchev–Trinajstić information content (AvgIpc) is 2.75. The van der Waals surface area contributed by atoms with Crippen molar-refractivity contribution in [1.29, 1.82) is 0 Å². The van der Waals surface area contributed by atoms with Crippen molar-refractivity contribution in [3.8, 4) is 0 Å². The number of hydrogen-bond donors (Lipinski definition) is 1. The minimum Gasteiger partial charge on any atom is -0.451 e. The first-order valence-electron chi connectivity index (χ1n) is 7.79. The van der Waals surface area contributed by atoms with Crippen molar-refractivity contribution in [2.75, 3.05) is 0 Å². The lowest BCUT2D eigenvalue weighted by Gasteiger charge is -2.22. The molecular weight excluding hydrogens is 362 g/mol. The normalized spacial score (nSPS) is 17.3. The van der Waals surface area contributed by atoms with E-state index in [2.05, 4.69) is 0 Å². The Morgan fingerprint density at radius 2 is 1.88 bits per heavy atom. The monoisotopic (exact) mass is 378 g/mol. The van der Waals surface area contributed by atoms with Gasteiger partial charge in [0.2, 0.25) is 0 Å². The van der Waals surface area contributed by atoms with Gasteiger partial charge in [0.1, 0.15) is 17.2 Å². The van der Waals surface area contributed by atoms with Gasteiger partial charge in [0.15, 0.2) is 11.1 Å². The maximum absolute atomic E-state index is 14.7. The van der Waals surface area contributed by atoms with Crippen LogP contribution in [0.3, 0.4) is 0 Å². The molecule has 0 amide bonds. The van der Waals surface area contributed by atoms with Gasteiger partial charge in [-0.2, -0.15) is 0 Å². The Labute approximate surface area is 151 Å². The summed E-state index contributed by atoms with van der Waals surface area (Å²) in [4.78, 5) is 12.4. The Morgan fingerprint density at radius 1 is 1.15 bits per heavy atom. The molecular formula is C19H16F2O4S. The number of halogens is 2. The zero-order valence-electron chi connectivity index (χ0n) is 14.1. The molecule has 4 nitrogen and oxygen atoms in total. The average molecular weight is 378 g/mol. The summed E-state index contributed by atoms with van der Waals surface area (Å²) in [5, 5.41) is 0. The highest BCUT2D eigenvalue weighted by atomic mass is 32.2. The van der Waals surface area contributed by atoms with Gasteiger partial charge in [0.05, 0.1) is 11.3 Å². The van der Waals surface area contributed by atoms with Gasteiger partial charge in [-0.25, -0.2) is 17.8 Å². The van der Waals surface area contributed by atoms with Crippen LogP contribution >= 0.6 is 0 Å². The van der Waals surface area contributed by atoms with Crippen molar-refractivity contribution in [2.24, 2.45) is 0 Å². The highest BCUT2D eigenvalue weighted by Crippen LogP contribution is 2.44. The SMILES string of the molecule is CC1(C)OC(=O)C(c2cccc(F)c2)=C1c1ccc(CS(=O)O)cc1F. The highest BCUT2D eigenvalue weighted by molar-refractivity contribution is 7.78. The summed E-state index contributed by atoms with van der Waals surface area (Å²) >= 11 is -2.09. The molecule has 7 heteroatoms. The van der Waals surface area contributed by atoms with Crippen LogP contribution in [0.15, 0.2) is 42.5 Å². The molecule has 1 aliphatic heterocycles. The fourth-order valence-electron chi connectivity index (χ4n) is 3.10. The van der Waals surface area contributed by atoms with Gasteiger partial charge in [-0.3, -0.25) is 0 Å². The Morgan fingerprint density at radius 3 is 2.50 bits per heavy atom. The van der Waals surface area contributed by atoms with E-state index in [9.17, 15) is 17.8 Å². The number of carbonyl (C=O) groups excluding carboxylic acids is 1. The number of cyclic esters (lactones) is 1. The van der Waals surface area contributed by atoms with E-state index in [4.69, 9.17) is 9.29 Å². The largest absolute Gasteiger partial charge is 0.451 e. The van der Waals surface area contributed by atoms with E-state index >= 15 is 0 Å². The molecule has 0 spiro atoms. The zero-order valence-corrected chi connectivity index (χ0v) is 14.9. The van der Waals surface area contributed by atoms with E-state index in [-0.39, 0.29) is 16.9 Å². The lowest BCUT2D eigenvalue weighted by molar-refractivity contribution is -0.141. The molecule has 2 aromatic carbocycles. The standard InChI is InChI=1S/C19H16F2O4S/c1-19(2)17(14-7-6-11(8-15(14)21)10-26(23)24)16(18(22)25-19)12-4-3-5-13(20)9-12/h3-9H,10H2,1-2H3,(H,23,24). The quantitative estimate of drug-likeness (QED) is 0.647. The molecule has 1 aliphatic rings. The van der Waals surface area contributed by atoms with E-state index in [1.807, 2.05) is 0 Å². The molecule has 1 N–H and O–H groups in total. The van der Waals surface area contributed by atoms with Crippen LogP contribution < -0.4 is 0 Å². The van der Waals surface area contributed by atoms with Crippen LogP contribution in [0.1, 0.15) is 30.5 Å². The van der Waals surface area contributed by atoms with Crippen LogP contribution in [0.2, 0.25) is 0 Å². The third-order valence-electron chi connectivity index (χ3n) is 4.11. The molecule has 0 saturated heterocycles. The lowest BCUT2D eigenvalue weighted by atomic mass is 9.86. The number of carbonyl (C=O) groups is 1. The van der Waals surface area contributed by atoms with Gasteiger partial charge in [-0.05, 0) is 43.2 Å². The first-order chi connectivity index (χ1) is 12.2. The van der Waals surface area contributed by atoms with Gasteiger partial charge in [0.25, 0.3) is 0 Å². The maximum Gasteiger partial charge on any atom is 0.340 e. The molecule has 0 aliphatic carbocycles. The van der Waals surface area contributed by atoms with Crippen molar-refractivity contribution in [3.05, 3.63) is 70.8 Å². The maximum atomic E-state index is 14.7. The van der Waals surface area contributed by atoms with Crippen molar-refractivity contribution >= 4 is 28.2 Å². The van der Waals surface area contributed by atoms with Crippen LogP contribution in [0.25, 0.3) is 11.1 Å². The van der Waals surface area contributed by atoms with Crippen molar-refractivity contribution < 1.29 is 27.1 Å². The first-order valence-corrected chi connectivity index (χ1v) is 9.07. The van der Waals surface area contributed by atoms with Crippen LogP contribution in [-0.4, -0.2) is 20.3 Å². The van der Waals surface area contributed by atoms with Gasteiger partial charge < -0.3 is 9.29 Å². The summed E-state index contributed by atoms with van der Waals surface area (Å²) in [6.45, 7) is 3.26. The molecule has 0 fully saturated rings. The summed E-state index contributed by atoms with van der Waals surface area (Å²) < 4.78 is 53.6. The van der Waals surface area contributed by atoms with E-state index in [0.717, 1.165) is 6.07 Å². The molecule has 0 bridgehead atoms. The van der Waals surface area contributed by atoms with Crippen molar-refractivity contribution in [1.82, 2.24) is 0 Å². The van der Waals surface area contributed by atoms with Crippen LogP contribution in [-0.2, 0) is 26.4 Å². The molecule has 0 aromatic heterocycles. The highest BCUT2D eigenvalue weighted by Gasteiger charge is 2.42. The summed E-state index contributed by atoms with van der Waals surface area (Å²) in [5.41, 5.74) is 0.0845. The smallest absolute Gasteiger partial charge is 0.340 e. The lowest BCUT2D eigenvalue weighted by Crippen LogP contribution is -2.22. The van der Waals surface area contributed by atoms with Gasteiger partial charge >= 0.3 is 5.97 Å². The van der Waals surface area contributed by atoms with Gasteiger partial charge in [-0.1, -0.05) is 24.3 Å². The molecule has 26 heavy (non-hydrogen) atoms. The Kier molecular flexibility index (Phi) is 4.77. The molecule has 0 saturated carbocycles. The first kappa shape index (κ1) is 18.4. The minimum absolute atomic E-state index is 0.104. The van der Waals surface area contributed by atoms with Crippen LogP contribution in [0.4, 0.5) is 8.78 Å². The zero-order chi connectivity index (χ0) is 19.1. The predicted octanol–water partition coefficient (Wildman–Crippen LogP) is 3.93. The van der Waals surface area contributed by atoms with Crippen molar-refractivity contribution in [3.63, 3.8) is 0 Å². The fourth-order valence-corrected chi connectivity index (χ4v) is 3.56. The molecule has 136 valence electrons. The molecule has 0 radical (unpaired) electrons. The summed E-state index contributed by atoms with van der Waals surface area (Å²) in [6, 6.07) is 9.57. The Hall–Kier alpha value is -2.38. The Balaban J connectivity index is 2.21. The second-order valence-corrected chi connectivity index (χ2v) is 7.37. The molecule has 2 aromatic rings. The topological polar surface area (TPSA) is 63.6 Å².